The first-order valence-corrected chi connectivity index (χ1v) is 6.08. The van der Waals surface area contributed by atoms with Crippen LogP contribution in [-0.2, 0) is 0 Å². The molecule has 0 bridgehead atoms. The van der Waals surface area contributed by atoms with Gasteiger partial charge in [-0.3, -0.25) is 10.1 Å². The molecule has 0 amide bonds. The van der Waals surface area contributed by atoms with Crippen molar-refractivity contribution < 1.29 is 4.92 Å². The molecule has 0 aliphatic carbocycles. The van der Waals surface area contributed by atoms with Gasteiger partial charge in [0, 0.05) is 13.1 Å². The standard InChI is InChI=1S/C10H14N4O2S/c1-8(2)7-13(5-3-4-11)10-12-6-9(17-10)14(15)16/h6,8H,3,5,7H2,1-2H3. The second-order valence-electron chi connectivity index (χ2n) is 3.99. The number of nitro groups is 1. The van der Waals surface area contributed by atoms with E-state index < -0.39 is 4.92 Å². The lowest BCUT2D eigenvalue weighted by Gasteiger charge is -2.22. The molecule has 0 unspecified atom stereocenters. The molecule has 17 heavy (non-hydrogen) atoms. The average molecular weight is 254 g/mol. The molecule has 0 aliphatic heterocycles. The van der Waals surface area contributed by atoms with E-state index >= 15 is 0 Å². The predicted octanol–water partition coefficient (Wildman–Crippen LogP) is 2.43. The molecule has 0 spiro atoms. The van der Waals surface area contributed by atoms with Gasteiger partial charge in [0.2, 0.25) is 0 Å². The average Bonchev–Trinajstić information content (AvgIpc) is 2.72. The van der Waals surface area contributed by atoms with Crippen LogP contribution < -0.4 is 4.90 Å². The van der Waals surface area contributed by atoms with Crippen LogP contribution in [0.2, 0.25) is 0 Å². The summed E-state index contributed by atoms with van der Waals surface area (Å²) in [6, 6.07) is 2.07. The minimum atomic E-state index is -0.445. The summed E-state index contributed by atoms with van der Waals surface area (Å²) in [6.45, 7) is 5.41. The molecule has 0 saturated carbocycles. The van der Waals surface area contributed by atoms with E-state index in [1.165, 1.54) is 6.20 Å². The summed E-state index contributed by atoms with van der Waals surface area (Å²) in [5.74, 6) is 0.414. The van der Waals surface area contributed by atoms with Gasteiger partial charge in [0.05, 0.1) is 17.4 Å². The summed E-state index contributed by atoms with van der Waals surface area (Å²) in [7, 11) is 0. The van der Waals surface area contributed by atoms with Crippen LogP contribution in [0.4, 0.5) is 10.1 Å². The number of nitrogens with zero attached hydrogens (tertiary/aromatic N) is 4. The number of thiazole rings is 1. The summed E-state index contributed by atoms with van der Waals surface area (Å²) in [5, 5.41) is 19.8. The van der Waals surface area contributed by atoms with Crippen molar-refractivity contribution in [3.05, 3.63) is 16.3 Å². The van der Waals surface area contributed by atoms with E-state index in [0.29, 0.717) is 24.0 Å². The van der Waals surface area contributed by atoms with Crippen molar-refractivity contribution in [2.45, 2.75) is 20.3 Å². The molecular formula is C10H14N4O2S. The second-order valence-corrected chi connectivity index (χ2v) is 4.97. The molecule has 92 valence electrons. The summed E-state index contributed by atoms with van der Waals surface area (Å²) >= 11 is 1.05. The van der Waals surface area contributed by atoms with Crippen molar-refractivity contribution in [1.29, 1.82) is 5.26 Å². The van der Waals surface area contributed by atoms with Crippen molar-refractivity contribution >= 4 is 21.5 Å². The minimum absolute atomic E-state index is 0.0331. The molecule has 1 rings (SSSR count). The van der Waals surface area contributed by atoms with Gasteiger partial charge in [0.15, 0.2) is 5.13 Å². The number of aromatic nitrogens is 1. The van der Waals surface area contributed by atoms with Crippen LogP contribution >= 0.6 is 11.3 Å². The second kappa shape index (κ2) is 6.15. The number of nitriles is 1. The third-order valence-electron chi connectivity index (χ3n) is 2.01. The smallest absolute Gasteiger partial charge is 0.345 e. The van der Waals surface area contributed by atoms with Gasteiger partial charge in [-0.25, -0.2) is 4.98 Å². The maximum atomic E-state index is 10.6. The first kappa shape index (κ1) is 13.4. The van der Waals surface area contributed by atoms with Gasteiger partial charge in [-0.2, -0.15) is 5.26 Å². The van der Waals surface area contributed by atoms with Crippen LogP contribution in [0.5, 0.6) is 0 Å². The maximum Gasteiger partial charge on any atom is 0.345 e. The molecule has 0 radical (unpaired) electrons. The van der Waals surface area contributed by atoms with Crippen molar-refractivity contribution in [2.75, 3.05) is 18.0 Å². The highest BCUT2D eigenvalue weighted by molar-refractivity contribution is 7.18. The van der Waals surface area contributed by atoms with E-state index in [9.17, 15) is 10.1 Å². The van der Waals surface area contributed by atoms with Gasteiger partial charge in [0.1, 0.15) is 6.20 Å². The molecule has 0 fully saturated rings. The van der Waals surface area contributed by atoms with Crippen LogP contribution in [-0.4, -0.2) is 23.0 Å². The number of hydrogen-bond acceptors (Lipinski definition) is 6. The van der Waals surface area contributed by atoms with Gasteiger partial charge in [0.25, 0.3) is 0 Å². The first-order chi connectivity index (χ1) is 8.04. The third kappa shape index (κ3) is 4.00. The van der Waals surface area contributed by atoms with Crippen molar-refractivity contribution in [3.63, 3.8) is 0 Å². The quantitative estimate of drug-likeness (QED) is 0.575. The van der Waals surface area contributed by atoms with Crippen molar-refractivity contribution in [2.24, 2.45) is 5.92 Å². The van der Waals surface area contributed by atoms with E-state index in [4.69, 9.17) is 5.26 Å². The van der Waals surface area contributed by atoms with Gasteiger partial charge in [-0.1, -0.05) is 13.8 Å². The zero-order valence-electron chi connectivity index (χ0n) is 9.79. The molecule has 0 aliphatic rings. The Morgan fingerprint density at radius 3 is 2.88 bits per heavy atom. The van der Waals surface area contributed by atoms with Crippen LogP contribution in [0.15, 0.2) is 6.20 Å². The van der Waals surface area contributed by atoms with Crippen molar-refractivity contribution in [3.8, 4) is 6.07 Å². The van der Waals surface area contributed by atoms with Gasteiger partial charge in [-0.05, 0) is 17.3 Å². The molecule has 1 heterocycles. The van der Waals surface area contributed by atoms with Crippen LogP contribution in [0.3, 0.4) is 0 Å². The summed E-state index contributed by atoms with van der Waals surface area (Å²) in [4.78, 5) is 16.1. The molecular weight excluding hydrogens is 240 g/mol. The SMILES string of the molecule is CC(C)CN(CCC#N)c1ncc([N+](=O)[O-])s1. The normalized spacial score (nSPS) is 10.2. The first-order valence-electron chi connectivity index (χ1n) is 5.26. The van der Waals surface area contributed by atoms with Crippen LogP contribution in [0.1, 0.15) is 20.3 Å². The Bertz CT molecular complexity index is 424. The lowest BCUT2D eigenvalue weighted by Crippen LogP contribution is -2.28. The fraction of sp³-hybridized carbons (Fsp3) is 0.600. The lowest BCUT2D eigenvalue weighted by atomic mass is 10.2. The van der Waals surface area contributed by atoms with Gasteiger partial charge in [-0.15, -0.1) is 0 Å². The molecule has 0 saturated heterocycles. The molecule has 0 aromatic carbocycles. The fourth-order valence-electron chi connectivity index (χ4n) is 1.38. The van der Waals surface area contributed by atoms with Crippen LogP contribution in [0.25, 0.3) is 0 Å². The Morgan fingerprint density at radius 1 is 1.71 bits per heavy atom. The van der Waals surface area contributed by atoms with Gasteiger partial charge >= 0.3 is 5.00 Å². The molecule has 1 aromatic rings. The Balaban J connectivity index is 2.80. The third-order valence-corrected chi connectivity index (χ3v) is 3.02. The Morgan fingerprint density at radius 2 is 2.41 bits per heavy atom. The fourth-order valence-corrected chi connectivity index (χ4v) is 2.15. The minimum Gasteiger partial charge on any atom is -0.347 e. The Hall–Kier alpha value is -1.68. The number of hydrogen-bond donors (Lipinski definition) is 0. The van der Waals surface area contributed by atoms with E-state index in [1.807, 2.05) is 4.90 Å². The highest BCUT2D eigenvalue weighted by Gasteiger charge is 2.17. The van der Waals surface area contributed by atoms with Crippen LogP contribution in [0, 0.1) is 27.4 Å². The molecule has 7 heteroatoms. The zero-order chi connectivity index (χ0) is 12.8. The number of rotatable bonds is 6. The van der Waals surface area contributed by atoms with Gasteiger partial charge < -0.3 is 4.90 Å². The Labute approximate surface area is 104 Å². The Kier molecular flexibility index (Phi) is 4.84. The van der Waals surface area contributed by atoms with E-state index in [0.717, 1.165) is 17.9 Å². The summed E-state index contributed by atoms with van der Waals surface area (Å²) in [6.07, 6.45) is 1.65. The topological polar surface area (TPSA) is 83.1 Å². The predicted molar refractivity (Wildman–Crippen MR) is 66.0 cm³/mol. The largest absolute Gasteiger partial charge is 0.347 e. The summed E-state index contributed by atoms with van der Waals surface area (Å²) < 4.78 is 0. The zero-order valence-corrected chi connectivity index (χ0v) is 10.6. The molecule has 0 N–H and O–H groups in total. The highest BCUT2D eigenvalue weighted by atomic mass is 32.1. The monoisotopic (exact) mass is 254 g/mol. The molecule has 6 nitrogen and oxygen atoms in total. The van der Waals surface area contributed by atoms with E-state index in [1.54, 1.807) is 0 Å². The number of anilines is 1. The maximum absolute atomic E-state index is 10.6. The molecule has 1 aromatic heterocycles. The highest BCUT2D eigenvalue weighted by Crippen LogP contribution is 2.28. The lowest BCUT2D eigenvalue weighted by molar-refractivity contribution is -0.380. The molecule has 0 atom stereocenters. The summed E-state index contributed by atoms with van der Waals surface area (Å²) in [5.41, 5.74) is 0. The van der Waals surface area contributed by atoms with Crippen molar-refractivity contribution in [1.82, 2.24) is 4.98 Å². The van der Waals surface area contributed by atoms with E-state index in [-0.39, 0.29) is 5.00 Å². The van der Waals surface area contributed by atoms with E-state index in [2.05, 4.69) is 24.9 Å².